The standard InChI is InChI=1S/C15H12F2O/c1-9-7-13(17)8-10(2)14(9)15(18)11-3-5-12(16)6-4-11/h3-8H,1-2H3. The molecule has 0 heterocycles. The van der Waals surface area contributed by atoms with E-state index in [0.717, 1.165) is 0 Å². The summed E-state index contributed by atoms with van der Waals surface area (Å²) in [5.74, 6) is -0.968. The van der Waals surface area contributed by atoms with Gasteiger partial charge in [0.25, 0.3) is 0 Å². The van der Waals surface area contributed by atoms with Gasteiger partial charge in [0, 0.05) is 11.1 Å². The number of benzene rings is 2. The van der Waals surface area contributed by atoms with Gasteiger partial charge in [-0.15, -0.1) is 0 Å². The lowest BCUT2D eigenvalue weighted by Crippen LogP contribution is -2.07. The predicted octanol–water partition coefficient (Wildman–Crippen LogP) is 3.81. The fraction of sp³-hybridized carbons (Fsp3) is 0.133. The van der Waals surface area contributed by atoms with E-state index in [1.807, 2.05) is 0 Å². The summed E-state index contributed by atoms with van der Waals surface area (Å²) in [6, 6.07) is 7.98. The molecular weight excluding hydrogens is 234 g/mol. The van der Waals surface area contributed by atoms with Crippen LogP contribution in [0.15, 0.2) is 36.4 Å². The van der Waals surface area contributed by atoms with E-state index >= 15 is 0 Å². The fourth-order valence-corrected chi connectivity index (χ4v) is 2.01. The summed E-state index contributed by atoms with van der Waals surface area (Å²) in [4.78, 5) is 12.3. The molecule has 0 bridgehead atoms. The van der Waals surface area contributed by atoms with Crippen LogP contribution in [0.1, 0.15) is 27.0 Å². The Morgan fingerprint density at radius 3 is 1.89 bits per heavy atom. The smallest absolute Gasteiger partial charge is 0.193 e. The minimum atomic E-state index is -0.390. The number of carbonyl (C=O) groups is 1. The third-order valence-electron chi connectivity index (χ3n) is 2.83. The summed E-state index contributed by atoms with van der Waals surface area (Å²) in [5.41, 5.74) is 2.04. The van der Waals surface area contributed by atoms with Crippen LogP contribution in [0.25, 0.3) is 0 Å². The van der Waals surface area contributed by atoms with Crippen molar-refractivity contribution in [2.24, 2.45) is 0 Å². The van der Waals surface area contributed by atoms with Crippen molar-refractivity contribution >= 4 is 5.78 Å². The van der Waals surface area contributed by atoms with Gasteiger partial charge in [-0.25, -0.2) is 8.78 Å². The highest BCUT2D eigenvalue weighted by molar-refractivity contribution is 6.10. The number of carbonyl (C=O) groups excluding carboxylic acids is 1. The molecule has 0 saturated carbocycles. The van der Waals surface area contributed by atoms with Gasteiger partial charge in [-0.2, -0.15) is 0 Å². The average Bonchev–Trinajstić information content (AvgIpc) is 2.28. The van der Waals surface area contributed by atoms with Crippen molar-refractivity contribution in [3.63, 3.8) is 0 Å². The maximum atomic E-state index is 13.2. The zero-order valence-electron chi connectivity index (χ0n) is 10.1. The van der Waals surface area contributed by atoms with Crippen molar-refractivity contribution in [3.05, 3.63) is 70.3 Å². The van der Waals surface area contributed by atoms with Crippen LogP contribution in [0.5, 0.6) is 0 Å². The molecule has 0 radical (unpaired) electrons. The van der Waals surface area contributed by atoms with E-state index in [2.05, 4.69) is 0 Å². The minimum Gasteiger partial charge on any atom is -0.289 e. The first-order valence-electron chi connectivity index (χ1n) is 5.56. The molecule has 0 atom stereocenters. The number of hydrogen-bond donors (Lipinski definition) is 0. The van der Waals surface area contributed by atoms with Gasteiger partial charge in [-0.3, -0.25) is 4.79 Å². The lowest BCUT2D eigenvalue weighted by molar-refractivity contribution is 0.103. The van der Waals surface area contributed by atoms with Gasteiger partial charge in [-0.1, -0.05) is 0 Å². The normalized spacial score (nSPS) is 10.4. The summed E-state index contributed by atoms with van der Waals surface area (Å²) in [6.45, 7) is 3.37. The molecule has 0 N–H and O–H groups in total. The van der Waals surface area contributed by atoms with E-state index in [-0.39, 0.29) is 17.4 Å². The van der Waals surface area contributed by atoms with Gasteiger partial charge in [0.05, 0.1) is 0 Å². The molecule has 0 aliphatic rings. The van der Waals surface area contributed by atoms with Crippen molar-refractivity contribution in [1.29, 1.82) is 0 Å². The van der Waals surface area contributed by atoms with Crippen LogP contribution in [0, 0.1) is 25.5 Å². The molecule has 0 aliphatic carbocycles. The van der Waals surface area contributed by atoms with E-state index in [1.165, 1.54) is 36.4 Å². The van der Waals surface area contributed by atoms with Crippen LogP contribution in [-0.4, -0.2) is 5.78 Å². The number of rotatable bonds is 2. The molecule has 1 nitrogen and oxygen atoms in total. The first kappa shape index (κ1) is 12.4. The lowest BCUT2D eigenvalue weighted by Gasteiger charge is -2.09. The van der Waals surface area contributed by atoms with Gasteiger partial charge < -0.3 is 0 Å². The minimum absolute atomic E-state index is 0.218. The van der Waals surface area contributed by atoms with Crippen molar-refractivity contribution in [2.75, 3.05) is 0 Å². The molecule has 2 rings (SSSR count). The summed E-state index contributed by atoms with van der Waals surface area (Å²) in [5, 5.41) is 0. The lowest BCUT2D eigenvalue weighted by atomic mass is 9.95. The van der Waals surface area contributed by atoms with Gasteiger partial charge in [0.2, 0.25) is 0 Å². The molecule has 0 amide bonds. The fourth-order valence-electron chi connectivity index (χ4n) is 2.01. The Balaban J connectivity index is 2.49. The second kappa shape index (κ2) is 4.69. The van der Waals surface area contributed by atoms with Crippen LogP contribution in [0.2, 0.25) is 0 Å². The van der Waals surface area contributed by atoms with E-state index in [9.17, 15) is 13.6 Å². The summed E-state index contributed by atoms with van der Waals surface area (Å²) >= 11 is 0. The SMILES string of the molecule is Cc1cc(F)cc(C)c1C(=O)c1ccc(F)cc1. The van der Waals surface area contributed by atoms with E-state index in [4.69, 9.17) is 0 Å². The van der Waals surface area contributed by atoms with E-state index in [1.54, 1.807) is 13.8 Å². The number of hydrogen-bond acceptors (Lipinski definition) is 1. The Labute approximate surface area is 104 Å². The Kier molecular flexibility index (Phi) is 3.24. The number of halogens is 2. The summed E-state index contributed by atoms with van der Waals surface area (Å²) in [7, 11) is 0. The number of ketones is 1. The molecule has 92 valence electrons. The van der Waals surface area contributed by atoms with Gasteiger partial charge >= 0.3 is 0 Å². The summed E-state index contributed by atoms with van der Waals surface area (Å²) < 4.78 is 26.0. The molecular formula is C15H12F2O. The monoisotopic (exact) mass is 246 g/mol. The third kappa shape index (κ3) is 2.30. The first-order valence-corrected chi connectivity index (χ1v) is 5.56. The van der Waals surface area contributed by atoms with Gasteiger partial charge in [0.1, 0.15) is 11.6 Å². The third-order valence-corrected chi connectivity index (χ3v) is 2.83. The molecule has 0 spiro atoms. The molecule has 2 aromatic carbocycles. The van der Waals surface area contributed by atoms with Gasteiger partial charge in [0.15, 0.2) is 5.78 Å². The highest BCUT2D eigenvalue weighted by atomic mass is 19.1. The second-order valence-corrected chi connectivity index (χ2v) is 4.25. The van der Waals surface area contributed by atoms with Crippen molar-refractivity contribution in [1.82, 2.24) is 0 Å². The van der Waals surface area contributed by atoms with Crippen LogP contribution >= 0.6 is 0 Å². The van der Waals surface area contributed by atoms with Crippen LogP contribution in [-0.2, 0) is 0 Å². The topological polar surface area (TPSA) is 17.1 Å². The van der Waals surface area contributed by atoms with Crippen LogP contribution < -0.4 is 0 Å². The van der Waals surface area contributed by atoms with Crippen LogP contribution in [0.4, 0.5) is 8.78 Å². The predicted molar refractivity (Wildman–Crippen MR) is 65.7 cm³/mol. The van der Waals surface area contributed by atoms with E-state index < -0.39 is 0 Å². The molecule has 3 heteroatoms. The first-order chi connectivity index (χ1) is 8.49. The largest absolute Gasteiger partial charge is 0.289 e. The maximum Gasteiger partial charge on any atom is 0.193 e. The molecule has 0 aromatic heterocycles. The van der Waals surface area contributed by atoms with Crippen LogP contribution in [0.3, 0.4) is 0 Å². The van der Waals surface area contributed by atoms with Crippen molar-refractivity contribution in [3.8, 4) is 0 Å². The Morgan fingerprint density at radius 2 is 1.39 bits per heavy atom. The molecule has 0 unspecified atom stereocenters. The van der Waals surface area contributed by atoms with Crippen molar-refractivity contribution < 1.29 is 13.6 Å². The Morgan fingerprint density at radius 1 is 0.889 bits per heavy atom. The van der Waals surface area contributed by atoms with E-state index in [0.29, 0.717) is 22.3 Å². The average molecular weight is 246 g/mol. The van der Waals surface area contributed by atoms with Crippen molar-refractivity contribution in [2.45, 2.75) is 13.8 Å². The highest BCUT2D eigenvalue weighted by Gasteiger charge is 2.15. The molecule has 0 aliphatic heterocycles. The number of aryl methyl sites for hydroxylation is 2. The van der Waals surface area contributed by atoms with Gasteiger partial charge in [-0.05, 0) is 61.4 Å². The zero-order valence-corrected chi connectivity index (χ0v) is 10.1. The highest BCUT2D eigenvalue weighted by Crippen LogP contribution is 2.20. The zero-order chi connectivity index (χ0) is 13.3. The Hall–Kier alpha value is -2.03. The Bertz CT molecular complexity index is 577. The summed E-state index contributed by atoms with van der Waals surface area (Å²) in [6.07, 6.45) is 0. The second-order valence-electron chi connectivity index (χ2n) is 4.25. The quantitative estimate of drug-likeness (QED) is 0.736. The molecule has 18 heavy (non-hydrogen) atoms. The molecule has 0 saturated heterocycles. The molecule has 0 fully saturated rings. The maximum absolute atomic E-state index is 13.2. The molecule has 2 aromatic rings.